The summed E-state index contributed by atoms with van der Waals surface area (Å²) in [6, 6.07) is 14.9. The molecule has 122 valence electrons. The average Bonchev–Trinajstić information content (AvgIpc) is 2.89. The Labute approximate surface area is 157 Å². The second-order valence-corrected chi connectivity index (χ2v) is 7.83. The SMILES string of the molecule is N=c1sc(Cc2ccc(Br)cc2)cn1CC(=O)c1ccc(Cl)cc1. The standard InChI is InChI=1S/C18H14BrClN2OS/c19-14-5-1-12(2-6-14)9-16-10-22(18(21)24-16)11-17(23)13-3-7-15(20)8-4-13/h1-8,10,21H,9,11H2. The number of hydrogen-bond acceptors (Lipinski definition) is 3. The average molecular weight is 422 g/mol. The van der Waals surface area contributed by atoms with Crippen molar-refractivity contribution in [3.63, 3.8) is 0 Å². The van der Waals surface area contributed by atoms with Crippen molar-refractivity contribution in [3.05, 3.63) is 85.0 Å². The third kappa shape index (κ3) is 4.23. The van der Waals surface area contributed by atoms with E-state index in [1.807, 2.05) is 18.3 Å². The number of nitrogens with zero attached hydrogens (tertiary/aromatic N) is 1. The Morgan fingerprint density at radius 2 is 1.79 bits per heavy atom. The molecule has 1 aromatic heterocycles. The minimum absolute atomic E-state index is 0.0295. The number of Topliss-reactive ketones (excluding diaryl/α,β-unsaturated/α-hetero) is 1. The van der Waals surface area contributed by atoms with Crippen LogP contribution in [0.4, 0.5) is 0 Å². The minimum Gasteiger partial charge on any atom is -0.316 e. The number of hydrogen-bond donors (Lipinski definition) is 1. The lowest BCUT2D eigenvalue weighted by Gasteiger charge is -2.03. The largest absolute Gasteiger partial charge is 0.316 e. The van der Waals surface area contributed by atoms with Crippen molar-refractivity contribution in [2.75, 3.05) is 0 Å². The van der Waals surface area contributed by atoms with Crippen LogP contribution in [0.1, 0.15) is 20.8 Å². The molecule has 3 nitrogen and oxygen atoms in total. The summed E-state index contributed by atoms with van der Waals surface area (Å²) in [5.74, 6) is -0.0295. The first-order valence-corrected chi connectivity index (χ1v) is 9.27. The Balaban J connectivity index is 1.74. The third-order valence-corrected chi connectivity index (χ3v) is 5.28. The van der Waals surface area contributed by atoms with E-state index in [1.165, 1.54) is 16.9 Å². The van der Waals surface area contributed by atoms with E-state index in [0.29, 0.717) is 15.4 Å². The normalized spacial score (nSPS) is 10.8. The number of aromatic nitrogens is 1. The van der Waals surface area contributed by atoms with Crippen molar-refractivity contribution < 1.29 is 4.79 Å². The van der Waals surface area contributed by atoms with Gasteiger partial charge in [-0.2, -0.15) is 0 Å². The van der Waals surface area contributed by atoms with E-state index < -0.39 is 0 Å². The molecule has 0 spiro atoms. The van der Waals surface area contributed by atoms with Crippen LogP contribution in [0.15, 0.2) is 59.2 Å². The molecule has 0 aliphatic rings. The fourth-order valence-corrected chi connectivity index (χ4v) is 3.62. The van der Waals surface area contributed by atoms with Crippen molar-refractivity contribution in [1.82, 2.24) is 4.57 Å². The molecular weight excluding hydrogens is 408 g/mol. The second-order valence-electron chi connectivity index (χ2n) is 5.36. The lowest BCUT2D eigenvalue weighted by Crippen LogP contribution is -2.18. The topological polar surface area (TPSA) is 45.9 Å². The van der Waals surface area contributed by atoms with Crippen molar-refractivity contribution in [3.8, 4) is 0 Å². The molecule has 3 rings (SSSR count). The molecule has 1 heterocycles. The van der Waals surface area contributed by atoms with Crippen LogP contribution >= 0.6 is 38.9 Å². The first kappa shape index (κ1) is 17.1. The summed E-state index contributed by atoms with van der Waals surface area (Å²) in [6.07, 6.45) is 2.65. The fraction of sp³-hybridized carbons (Fsp3) is 0.111. The van der Waals surface area contributed by atoms with E-state index in [4.69, 9.17) is 17.0 Å². The molecule has 0 saturated carbocycles. The summed E-state index contributed by atoms with van der Waals surface area (Å²) in [7, 11) is 0. The molecule has 24 heavy (non-hydrogen) atoms. The first-order valence-electron chi connectivity index (χ1n) is 7.28. The highest BCUT2D eigenvalue weighted by Gasteiger charge is 2.10. The third-order valence-electron chi connectivity index (χ3n) is 3.56. The van der Waals surface area contributed by atoms with E-state index in [9.17, 15) is 4.79 Å². The molecule has 0 radical (unpaired) electrons. The van der Waals surface area contributed by atoms with E-state index in [-0.39, 0.29) is 12.3 Å². The lowest BCUT2D eigenvalue weighted by atomic mass is 10.1. The van der Waals surface area contributed by atoms with Gasteiger partial charge in [-0.05, 0) is 42.0 Å². The van der Waals surface area contributed by atoms with Crippen molar-refractivity contribution in [2.24, 2.45) is 0 Å². The Kier molecular flexibility index (Phi) is 5.33. The molecule has 0 bridgehead atoms. The summed E-state index contributed by atoms with van der Waals surface area (Å²) in [4.78, 5) is 13.8. The molecule has 3 aromatic rings. The summed E-state index contributed by atoms with van der Waals surface area (Å²) >= 11 is 10.7. The molecule has 0 aliphatic heterocycles. The predicted octanol–water partition coefficient (Wildman–Crippen LogP) is 4.92. The highest BCUT2D eigenvalue weighted by molar-refractivity contribution is 9.10. The van der Waals surface area contributed by atoms with Gasteiger partial charge in [0.25, 0.3) is 0 Å². The number of thiazole rings is 1. The van der Waals surface area contributed by atoms with Crippen molar-refractivity contribution in [2.45, 2.75) is 13.0 Å². The highest BCUT2D eigenvalue weighted by atomic mass is 79.9. The van der Waals surface area contributed by atoms with Gasteiger partial charge in [0, 0.05) is 32.6 Å². The zero-order valence-corrected chi connectivity index (χ0v) is 15.8. The molecule has 2 aromatic carbocycles. The van der Waals surface area contributed by atoms with Gasteiger partial charge in [-0.3, -0.25) is 10.2 Å². The van der Waals surface area contributed by atoms with Gasteiger partial charge in [0.15, 0.2) is 10.6 Å². The zero-order chi connectivity index (χ0) is 17.1. The smallest absolute Gasteiger partial charge is 0.182 e. The van der Waals surface area contributed by atoms with Crippen LogP contribution in [0.2, 0.25) is 5.02 Å². The van der Waals surface area contributed by atoms with E-state index in [1.54, 1.807) is 28.8 Å². The molecule has 0 atom stereocenters. The quantitative estimate of drug-likeness (QED) is 0.584. The summed E-state index contributed by atoms with van der Waals surface area (Å²) in [6.45, 7) is 0.164. The van der Waals surface area contributed by atoms with Crippen LogP contribution in [-0.4, -0.2) is 10.4 Å². The van der Waals surface area contributed by atoms with Gasteiger partial charge >= 0.3 is 0 Å². The maximum absolute atomic E-state index is 12.3. The Bertz CT molecular complexity index is 913. The zero-order valence-electron chi connectivity index (χ0n) is 12.6. The lowest BCUT2D eigenvalue weighted by molar-refractivity contribution is 0.0971. The second kappa shape index (κ2) is 7.47. The molecule has 6 heteroatoms. The molecular formula is C18H14BrClN2OS. The molecule has 0 unspecified atom stereocenters. The van der Waals surface area contributed by atoms with Gasteiger partial charge in [0.2, 0.25) is 0 Å². The molecule has 1 N–H and O–H groups in total. The monoisotopic (exact) mass is 420 g/mol. The van der Waals surface area contributed by atoms with Crippen LogP contribution in [0, 0.1) is 5.41 Å². The van der Waals surface area contributed by atoms with Gasteiger partial charge in [0.1, 0.15) is 0 Å². The highest BCUT2D eigenvalue weighted by Crippen LogP contribution is 2.16. The number of halogens is 2. The van der Waals surface area contributed by atoms with Gasteiger partial charge in [-0.15, -0.1) is 11.3 Å². The minimum atomic E-state index is -0.0295. The molecule has 0 saturated heterocycles. The molecule has 0 aliphatic carbocycles. The van der Waals surface area contributed by atoms with Gasteiger partial charge in [-0.1, -0.05) is 39.7 Å². The maximum Gasteiger partial charge on any atom is 0.182 e. The van der Waals surface area contributed by atoms with E-state index >= 15 is 0 Å². The van der Waals surface area contributed by atoms with Crippen LogP contribution in [0.25, 0.3) is 0 Å². The Morgan fingerprint density at radius 3 is 2.46 bits per heavy atom. The fourth-order valence-electron chi connectivity index (χ4n) is 2.33. The number of carbonyl (C=O) groups excluding carboxylic acids is 1. The number of ketones is 1. The Morgan fingerprint density at radius 1 is 1.12 bits per heavy atom. The first-order chi connectivity index (χ1) is 11.5. The van der Waals surface area contributed by atoms with Crippen LogP contribution in [-0.2, 0) is 13.0 Å². The predicted molar refractivity (Wildman–Crippen MR) is 101 cm³/mol. The Hall–Kier alpha value is -1.69. The van der Waals surface area contributed by atoms with E-state index in [0.717, 1.165) is 15.8 Å². The summed E-state index contributed by atoms with van der Waals surface area (Å²) in [5, 5.41) is 8.69. The van der Waals surface area contributed by atoms with Gasteiger partial charge in [-0.25, -0.2) is 0 Å². The van der Waals surface area contributed by atoms with Crippen molar-refractivity contribution in [1.29, 1.82) is 5.41 Å². The molecule has 0 amide bonds. The van der Waals surface area contributed by atoms with Gasteiger partial charge in [0.05, 0.1) is 6.54 Å². The summed E-state index contributed by atoms with van der Waals surface area (Å²) < 4.78 is 2.73. The van der Waals surface area contributed by atoms with Gasteiger partial charge < -0.3 is 4.57 Å². The van der Waals surface area contributed by atoms with E-state index in [2.05, 4.69) is 28.1 Å². The number of benzene rings is 2. The van der Waals surface area contributed by atoms with Crippen LogP contribution in [0.3, 0.4) is 0 Å². The van der Waals surface area contributed by atoms with Crippen LogP contribution < -0.4 is 4.80 Å². The number of carbonyl (C=O) groups is 1. The van der Waals surface area contributed by atoms with Crippen LogP contribution in [0.5, 0.6) is 0 Å². The number of nitrogens with one attached hydrogen (secondary N) is 1. The summed E-state index contributed by atoms with van der Waals surface area (Å²) in [5.41, 5.74) is 1.78. The number of rotatable bonds is 5. The molecule has 0 fully saturated rings. The maximum atomic E-state index is 12.3. The van der Waals surface area contributed by atoms with Crippen molar-refractivity contribution >= 4 is 44.7 Å².